The summed E-state index contributed by atoms with van der Waals surface area (Å²) in [4.78, 5) is 14.4. The van der Waals surface area contributed by atoms with Gasteiger partial charge in [0.25, 0.3) is 0 Å². The molecule has 0 unspecified atom stereocenters. The second-order valence-corrected chi connectivity index (χ2v) is 9.66. The van der Waals surface area contributed by atoms with E-state index in [2.05, 4.69) is 5.32 Å². The van der Waals surface area contributed by atoms with Gasteiger partial charge in [0, 0.05) is 35.0 Å². The lowest BCUT2D eigenvalue weighted by Crippen LogP contribution is -2.04. The molecule has 0 aliphatic heterocycles. The zero-order valence-corrected chi connectivity index (χ0v) is 22.8. The third kappa shape index (κ3) is 4.97. The number of rotatable bonds is 8. The molecule has 0 spiro atoms. The van der Waals surface area contributed by atoms with Crippen LogP contribution in [0.1, 0.15) is 5.56 Å². The van der Waals surface area contributed by atoms with Crippen LogP contribution in [0.2, 0.25) is 0 Å². The number of hydrogen-bond donors (Lipinski definition) is 1. The number of fused-ring (bicyclic) bond motifs is 1. The normalized spacial score (nSPS) is 11.1. The highest BCUT2D eigenvalue weighted by Gasteiger charge is 2.19. The molecule has 8 heteroatoms. The van der Waals surface area contributed by atoms with Crippen molar-refractivity contribution >= 4 is 17.0 Å². The van der Waals surface area contributed by atoms with Gasteiger partial charge in [-0.25, -0.2) is 14.6 Å². The van der Waals surface area contributed by atoms with Gasteiger partial charge in [0.15, 0.2) is 11.6 Å². The molecule has 0 aliphatic rings. The maximum absolute atomic E-state index is 6.25. The number of benzene rings is 4. The molecule has 204 valence electrons. The molecule has 3 heterocycles. The molecule has 3 aromatic heterocycles. The Hall–Kier alpha value is -5.76. The molecular formula is C34H26N6O2. The van der Waals surface area contributed by atoms with Crippen molar-refractivity contribution in [3.63, 3.8) is 0 Å². The number of nitrogens with zero attached hydrogens (tertiary/aromatic N) is 5. The number of para-hydroxylation sites is 1. The molecule has 7 aromatic rings. The molecule has 7 rings (SSSR count). The molecule has 42 heavy (non-hydrogen) atoms. The first kappa shape index (κ1) is 25.2. The zero-order valence-electron chi connectivity index (χ0n) is 22.8. The Morgan fingerprint density at radius 2 is 1.38 bits per heavy atom. The van der Waals surface area contributed by atoms with Crippen molar-refractivity contribution in [1.82, 2.24) is 24.7 Å². The number of hydrogen-bond acceptors (Lipinski definition) is 7. The van der Waals surface area contributed by atoms with E-state index in [1.165, 1.54) is 0 Å². The van der Waals surface area contributed by atoms with Crippen molar-refractivity contribution in [1.29, 1.82) is 0 Å². The molecule has 8 nitrogen and oxygen atoms in total. The maximum atomic E-state index is 6.25. The first-order valence-corrected chi connectivity index (χ1v) is 13.6. The van der Waals surface area contributed by atoms with Crippen LogP contribution in [-0.4, -0.2) is 31.8 Å². The molecule has 0 saturated carbocycles. The summed E-state index contributed by atoms with van der Waals surface area (Å²) in [6, 6.07) is 37.6. The van der Waals surface area contributed by atoms with E-state index < -0.39 is 0 Å². The van der Waals surface area contributed by atoms with Gasteiger partial charge in [0.05, 0.1) is 18.5 Å². The topological polar surface area (TPSA) is 90.9 Å². The van der Waals surface area contributed by atoms with E-state index in [-0.39, 0.29) is 0 Å². The van der Waals surface area contributed by atoms with Crippen LogP contribution in [0.3, 0.4) is 0 Å². The van der Waals surface area contributed by atoms with Crippen molar-refractivity contribution in [3.8, 4) is 45.5 Å². The van der Waals surface area contributed by atoms with Crippen molar-refractivity contribution in [2.75, 3.05) is 12.4 Å². The zero-order chi connectivity index (χ0) is 28.3. The number of nitrogens with one attached hydrogen (secondary N) is 1. The maximum Gasteiger partial charge on any atom is 0.229 e. The van der Waals surface area contributed by atoms with Crippen LogP contribution < -0.4 is 10.1 Å². The highest BCUT2D eigenvalue weighted by Crippen LogP contribution is 2.31. The average Bonchev–Trinajstić information content (AvgIpc) is 3.70. The summed E-state index contributed by atoms with van der Waals surface area (Å²) in [7, 11) is 1.66. The van der Waals surface area contributed by atoms with E-state index in [0.29, 0.717) is 35.3 Å². The molecule has 0 bridgehead atoms. The van der Waals surface area contributed by atoms with E-state index in [1.54, 1.807) is 7.11 Å². The third-order valence-corrected chi connectivity index (χ3v) is 6.93. The second-order valence-electron chi connectivity index (χ2n) is 9.66. The standard InChI is InChI=1S/C34H26N6O2/c1-41-28-19-17-23(18-20-28)29-26(22-40(39-29)27-15-9-4-10-16-27)21-35-32-30-33(37-31(36-32)24-11-5-2-6-12-24)38-34(42-30)25-13-7-3-8-14-25/h2-20,22H,21H2,1H3,(H,35,36,37). The molecule has 4 aromatic carbocycles. The first-order chi connectivity index (χ1) is 20.7. The van der Waals surface area contributed by atoms with Crippen molar-refractivity contribution < 1.29 is 9.15 Å². The lowest BCUT2D eigenvalue weighted by Gasteiger charge is -2.08. The second kappa shape index (κ2) is 11.0. The summed E-state index contributed by atoms with van der Waals surface area (Å²) in [5.41, 5.74) is 6.53. The number of oxazole rings is 1. The minimum atomic E-state index is 0.440. The third-order valence-electron chi connectivity index (χ3n) is 6.93. The summed E-state index contributed by atoms with van der Waals surface area (Å²) in [6.45, 7) is 0.440. The molecule has 0 amide bonds. The lowest BCUT2D eigenvalue weighted by atomic mass is 10.1. The van der Waals surface area contributed by atoms with E-state index in [0.717, 1.165) is 39.4 Å². The van der Waals surface area contributed by atoms with Crippen molar-refractivity contribution in [2.24, 2.45) is 0 Å². The fraction of sp³-hybridized carbons (Fsp3) is 0.0588. The van der Waals surface area contributed by atoms with Gasteiger partial charge in [-0.2, -0.15) is 10.1 Å². The predicted octanol–water partition coefficient (Wildman–Crippen LogP) is 7.43. The molecule has 0 radical (unpaired) electrons. The Labute approximate surface area is 242 Å². The molecule has 0 atom stereocenters. The highest BCUT2D eigenvalue weighted by atomic mass is 16.5. The van der Waals surface area contributed by atoms with E-state index in [9.17, 15) is 0 Å². The predicted molar refractivity (Wildman–Crippen MR) is 163 cm³/mol. The van der Waals surface area contributed by atoms with Crippen LogP contribution in [0, 0.1) is 0 Å². The molecule has 0 saturated heterocycles. The minimum Gasteiger partial charge on any atom is -0.497 e. The number of aromatic nitrogens is 5. The number of ether oxygens (including phenoxy) is 1. The Morgan fingerprint density at radius 1 is 0.714 bits per heavy atom. The molecular weight excluding hydrogens is 524 g/mol. The molecule has 0 fully saturated rings. The van der Waals surface area contributed by atoms with E-state index in [4.69, 9.17) is 29.2 Å². The summed E-state index contributed by atoms with van der Waals surface area (Å²) in [5, 5.41) is 8.47. The van der Waals surface area contributed by atoms with E-state index >= 15 is 0 Å². The van der Waals surface area contributed by atoms with Gasteiger partial charge >= 0.3 is 0 Å². The fourth-order valence-electron chi connectivity index (χ4n) is 4.79. The summed E-state index contributed by atoms with van der Waals surface area (Å²) >= 11 is 0. The van der Waals surface area contributed by atoms with Gasteiger partial charge in [0.2, 0.25) is 17.1 Å². The van der Waals surface area contributed by atoms with Gasteiger partial charge in [-0.3, -0.25) is 0 Å². The fourth-order valence-corrected chi connectivity index (χ4v) is 4.79. The molecule has 1 N–H and O–H groups in total. The highest BCUT2D eigenvalue weighted by molar-refractivity contribution is 5.85. The Kier molecular flexibility index (Phi) is 6.62. The van der Waals surface area contributed by atoms with Crippen molar-refractivity contribution in [3.05, 3.63) is 127 Å². The number of methoxy groups -OCH3 is 1. The Bertz CT molecular complexity index is 1950. The van der Waals surface area contributed by atoms with Gasteiger partial charge in [-0.05, 0) is 48.5 Å². The smallest absolute Gasteiger partial charge is 0.229 e. The van der Waals surface area contributed by atoms with Crippen LogP contribution in [-0.2, 0) is 6.54 Å². The summed E-state index contributed by atoms with van der Waals surface area (Å²) in [5.74, 6) is 2.40. The van der Waals surface area contributed by atoms with Gasteiger partial charge < -0.3 is 14.5 Å². The van der Waals surface area contributed by atoms with Crippen LogP contribution in [0.15, 0.2) is 126 Å². The first-order valence-electron chi connectivity index (χ1n) is 13.6. The van der Waals surface area contributed by atoms with Crippen LogP contribution in [0.25, 0.3) is 51.0 Å². The summed E-state index contributed by atoms with van der Waals surface area (Å²) in [6.07, 6.45) is 2.04. The monoisotopic (exact) mass is 550 g/mol. The van der Waals surface area contributed by atoms with E-state index in [1.807, 2.05) is 126 Å². The quantitative estimate of drug-likeness (QED) is 0.210. The molecule has 0 aliphatic carbocycles. The number of anilines is 1. The van der Waals surface area contributed by atoms with Gasteiger partial charge in [-0.1, -0.05) is 66.7 Å². The van der Waals surface area contributed by atoms with Gasteiger partial charge in [-0.15, -0.1) is 0 Å². The van der Waals surface area contributed by atoms with Crippen LogP contribution in [0.5, 0.6) is 5.75 Å². The lowest BCUT2D eigenvalue weighted by molar-refractivity contribution is 0.415. The van der Waals surface area contributed by atoms with Crippen LogP contribution in [0.4, 0.5) is 5.82 Å². The largest absolute Gasteiger partial charge is 0.497 e. The SMILES string of the molecule is COc1ccc(-c2nn(-c3ccccc3)cc2CNc2nc(-c3ccccc3)nc3nc(-c4ccccc4)oc23)cc1. The minimum absolute atomic E-state index is 0.440. The Morgan fingerprint density at radius 3 is 2.07 bits per heavy atom. The average molecular weight is 551 g/mol. The van der Waals surface area contributed by atoms with Crippen LogP contribution >= 0.6 is 0 Å². The Balaban J connectivity index is 1.30. The summed E-state index contributed by atoms with van der Waals surface area (Å²) < 4.78 is 13.5. The van der Waals surface area contributed by atoms with Gasteiger partial charge in [0.1, 0.15) is 5.75 Å². The van der Waals surface area contributed by atoms with Crippen molar-refractivity contribution in [2.45, 2.75) is 6.54 Å².